The Morgan fingerprint density at radius 1 is 1.29 bits per heavy atom. The fraction of sp³-hybridized carbons (Fsp3) is 0.625. The van der Waals surface area contributed by atoms with Crippen LogP contribution in [0.2, 0.25) is 0 Å². The first-order chi connectivity index (χ1) is 10.1. The second kappa shape index (κ2) is 7.82. The summed E-state index contributed by atoms with van der Waals surface area (Å²) in [6.07, 6.45) is 2.58. The van der Waals surface area contributed by atoms with Crippen LogP contribution >= 0.6 is 0 Å². The Kier molecular flexibility index (Phi) is 6.08. The molecule has 0 aromatic heterocycles. The quantitative estimate of drug-likeness (QED) is 0.833. The summed E-state index contributed by atoms with van der Waals surface area (Å²) >= 11 is 0. The first kappa shape index (κ1) is 16.3. The van der Waals surface area contributed by atoms with Gasteiger partial charge in [-0.1, -0.05) is 12.1 Å². The van der Waals surface area contributed by atoms with Crippen molar-refractivity contribution in [1.29, 1.82) is 0 Å². The molecule has 3 nitrogen and oxygen atoms in total. The highest BCUT2D eigenvalue weighted by Gasteiger charge is 2.19. The Hall–Kier alpha value is -1.04. The summed E-state index contributed by atoms with van der Waals surface area (Å²) in [5, 5.41) is 3.08. The van der Waals surface area contributed by atoms with Crippen molar-refractivity contribution in [2.45, 2.75) is 18.9 Å². The van der Waals surface area contributed by atoms with Crippen molar-refractivity contribution in [2.24, 2.45) is 0 Å². The van der Waals surface area contributed by atoms with Crippen molar-refractivity contribution in [3.8, 4) is 0 Å². The Bertz CT molecular complexity index is 447. The molecule has 118 valence electrons. The van der Waals surface area contributed by atoms with Crippen molar-refractivity contribution in [3.05, 3.63) is 35.4 Å². The Morgan fingerprint density at radius 3 is 2.67 bits per heavy atom. The van der Waals surface area contributed by atoms with Crippen molar-refractivity contribution in [3.63, 3.8) is 0 Å². The van der Waals surface area contributed by atoms with Gasteiger partial charge in [0, 0.05) is 31.2 Å². The van der Waals surface area contributed by atoms with Gasteiger partial charge >= 0.3 is 0 Å². The number of rotatable bonds is 7. The molecule has 1 heterocycles. The molecule has 1 fully saturated rings. The maximum absolute atomic E-state index is 13.9. The number of benzene rings is 1. The van der Waals surface area contributed by atoms with Crippen LogP contribution in [0.15, 0.2) is 18.2 Å². The van der Waals surface area contributed by atoms with E-state index in [1.54, 1.807) is 19.2 Å². The second-order valence-corrected chi connectivity index (χ2v) is 5.80. The van der Waals surface area contributed by atoms with Gasteiger partial charge in [0.1, 0.15) is 0 Å². The predicted molar refractivity (Wildman–Crippen MR) is 81.3 cm³/mol. The van der Waals surface area contributed by atoms with Gasteiger partial charge in [0.05, 0.1) is 0 Å². The summed E-state index contributed by atoms with van der Waals surface area (Å²) in [6, 6.07) is 4.16. The Labute approximate surface area is 125 Å². The van der Waals surface area contributed by atoms with E-state index in [1.807, 2.05) is 7.05 Å². The van der Waals surface area contributed by atoms with Gasteiger partial charge in [-0.05, 0) is 46.1 Å². The molecule has 1 unspecified atom stereocenters. The highest BCUT2D eigenvalue weighted by molar-refractivity contribution is 5.22. The van der Waals surface area contributed by atoms with Gasteiger partial charge in [-0.25, -0.2) is 8.78 Å². The van der Waals surface area contributed by atoms with E-state index in [9.17, 15) is 8.78 Å². The molecular formula is C16H25F2N3. The van der Waals surface area contributed by atoms with E-state index in [4.69, 9.17) is 0 Å². The molecule has 1 aliphatic rings. The van der Waals surface area contributed by atoms with E-state index < -0.39 is 11.6 Å². The third kappa shape index (κ3) is 4.46. The summed E-state index contributed by atoms with van der Waals surface area (Å²) in [5.74, 6) is -1.53. The standard InChI is InChI=1S/C16H25F2N3/c1-19-15(13-6-5-7-14(17)16(13)18)12-20(2)10-11-21-8-3-4-9-21/h5-7,15,19H,3-4,8-12H2,1-2H3. The average molecular weight is 297 g/mol. The lowest BCUT2D eigenvalue weighted by Crippen LogP contribution is -2.36. The minimum atomic E-state index is -0.785. The van der Waals surface area contributed by atoms with E-state index in [-0.39, 0.29) is 6.04 Å². The fourth-order valence-electron chi connectivity index (χ4n) is 2.86. The van der Waals surface area contributed by atoms with Gasteiger partial charge in [0.2, 0.25) is 0 Å². The maximum Gasteiger partial charge on any atom is 0.163 e. The first-order valence-electron chi connectivity index (χ1n) is 7.64. The zero-order valence-corrected chi connectivity index (χ0v) is 12.9. The minimum Gasteiger partial charge on any atom is -0.312 e. The third-order valence-electron chi connectivity index (χ3n) is 4.20. The van der Waals surface area contributed by atoms with E-state index in [2.05, 4.69) is 15.1 Å². The van der Waals surface area contributed by atoms with Crippen LogP contribution in [0.5, 0.6) is 0 Å². The number of hydrogen-bond acceptors (Lipinski definition) is 3. The van der Waals surface area contributed by atoms with Crippen LogP contribution in [-0.2, 0) is 0 Å². The summed E-state index contributed by atoms with van der Waals surface area (Å²) in [5.41, 5.74) is 0.394. The lowest BCUT2D eigenvalue weighted by molar-refractivity contribution is 0.239. The highest BCUT2D eigenvalue weighted by atomic mass is 19.2. The van der Waals surface area contributed by atoms with Crippen LogP contribution in [0.4, 0.5) is 8.78 Å². The molecule has 1 aliphatic heterocycles. The van der Waals surface area contributed by atoms with E-state index in [0.29, 0.717) is 12.1 Å². The molecule has 1 saturated heterocycles. The number of hydrogen-bond donors (Lipinski definition) is 1. The van der Waals surface area contributed by atoms with Gasteiger partial charge in [-0.15, -0.1) is 0 Å². The van der Waals surface area contributed by atoms with Crippen LogP contribution in [0.1, 0.15) is 24.4 Å². The molecule has 21 heavy (non-hydrogen) atoms. The van der Waals surface area contributed by atoms with Gasteiger partial charge in [0.25, 0.3) is 0 Å². The van der Waals surface area contributed by atoms with Gasteiger partial charge in [-0.2, -0.15) is 0 Å². The maximum atomic E-state index is 13.9. The van der Waals surface area contributed by atoms with Gasteiger partial charge < -0.3 is 15.1 Å². The Morgan fingerprint density at radius 2 is 2.00 bits per heavy atom. The van der Waals surface area contributed by atoms with Gasteiger partial charge in [-0.3, -0.25) is 0 Å². The van der Waals surface area contributed by atoms with E-state index in [1.165, 1.54) is 25.9 Å². The summed E-state index contributed by atoms with van der Waals surface area (Å²) in [6.45, 7) is 5.00. The molecule has 2 rings (SSSR count). The van der Waals surface area contributed by atoms with Crippen LogP contribution < -0.4 is 5.32 Å². The lowest BCUT2D eigenvalue weighted by atomic mass is 10.1. The molecule has 1 N–H and O–H groups in total. The average Bonchev–Trinajstić information content (AvgIpc) is 2.99. The molecule has 0 bridgehead atoms. The molecule has 5 heteroatoms. The molecule has 1 aromatic carbocycles. The highest BCUT2D eigenvalue weighted by Crippen LogP contribution is 2.20. The van der Waals surface area contributed by atoms with Gasteiger partial charge in [0.15, 0.2) is 11.6 Å². The topological polar surface area (TPSA) is 18.5 Å². The molecular weight excluding hydrogens is 272 g/mol. The summed E-state index contributed by atoms with van der Waals surface area (Å²) < 4.78 is 27.2. The molecule has 1 atom stereocenters. The number of nitrogens with zero attached hydrogens (tertiary/aromatic N) is 2. The lowest BCUT2D eigenvalue weighted by Gasteiger charge is -2.26. The number of nitrogens with one attached hydrogen (secondary N) is 1. The number of likely N-dealkylation sites (N-methyl/N-ethyl adjacent to an activating group) is 2. The number of halogens is 2. The van der Waals surface area contributed by atoms with E-state index >= 15 is 0 Å². The zero-order valence-electron chi connectivity index (χ0n) is 12.9. The van der Waals surface area contributed by atoms with Crippen molar-refractivity contribution in [1.82, 2.24) is 15.1 Å². The number of likely N-dealkylation sites (tertiary alicyclic amines) is 1. The molecule has 0 spiro atoms. The fourth-order valence-corrected chi connectivity index (χ4v) is 2.86. The predicted octanol–water partition coefficient (Wildman–Crippen LogP) is 2.25. The minimum absolute atomic E-state index is 0.204. The molecule has 0 aliphatic carbocycles. The molecule has 0 amide bonds. The van der Waals surface area contributed by atoms with E-state index in [0.717, 1.165) is 19.2 Å². The molecule has 0 saturated carbocycles. The first-order valence-corrected chi connectivity index (χ1v) is 7.64. The van der Waals surface area contributed by atoms with Crippen LogP contribution in [0.25, 0.3) is 0 Å². The zero-order chi connectivity index (χ0) is 15.2. The van der Waals surface area contributed by atoms with Crippen LogP contribution in [-0.4, -0.2) is 56.6 Å². The van der Waals surface area contributed by atoms with Crippen molar-refractivity contribution >= 4 is 0 Å². The summed E-state index contributed by atoms with van der Waals surface area (Å²) in [4.78, 5) is 4.62. The summed E-state index contributed by atoms with van der Waals surface area (Å²) in [7, 11) is 3.81. The normalized spacial score (nSPS) is 17.6. The molecule has 1 aromatic rings. The molecule has 0 radical (unpaired) electrons. The third-order valence-corrected chi connectivity index (χ3v) is 4.20. The SMILES string of the molecule is CNC(CN(C)CCN1CCCC1)c1cccc(F)c1F. The van der Waals surface area contributed by atoms with Crippen LogP contribution in [0, 0.1) is 11.6 Å². The largest absolute Gasteiger partial charge is 0.312 e. The van der Waals surface area contributed by atoms with Crippen molar-refractivity contribution in [2.75, 3.05) is 46.8 Å². The smallest absolute Gasteiger partial charge is 0.163 e. The second-order valence-electron chi connectivity index (χ2n) is 5.80. The van der Waals surface area contributed by atoms with Crippen LogP contribution in [0.3, 0.4) is 0 Å². The Balaban J connectivity index is 1.90. The monoisotopic (exact) mass is 297 g/mol. The van der Waals surface area contributed by atoms with Crippen molar-refractivity contribution < 1.29 is 8.78 Å².